The summed E-state index contributed by atoms with van der Waals surface area (Å²) in [4.78, 5) is 8.32. The number of benzene rings is 2. The molecule has 0 aliphatic carbocycles. The van der Waals surface area contributed by atoms with Gasteiger partial charge in [0.1, 0.15) is 23.7 Å². The summed E-state index contributed by atoms with van der Waals surface area (Å²) in [5.74, 6) is -1.24. The molecule has 0 saturated carbocycles. The van der Waals surface area contributed by atoms with Gasteiger partial charge in [0.15, 0.2) is 0 Å². The highest BCUT2D eigenvalue weighted by Gasteiger charge is 2.26. The van der Waals surface area contributed by atoms with Crippen molar-refractivity contribution >= 4 is 5.78 Å². The van der Waals surface area contributed by atoms with Gasteiger partial charge in [-0.15, -0.1) is 0 Å². The number of fused-ring (bicyclic) bond motifs is 1. The Kier molecular flexibility index (Phi) is 4.15. The van der Waals surface area contributed by atoms with Crippen LogP contribution in [0.5, 0.6) is 11.6 Å². The standard InChI is InChI=1S/C19H14F2N4O2/c1-26-12-8-13(20)15(14(21)9-12)16-17(11-6-4-3-5-7-11)25-19(22-10-23-25)24-18(16)27-2/h3-10H,1-2H3. The highest BCUT2D eigenvalue weighted by Crippen LogP contribution is 2.41. The lowest BCUT2D eigenvalue weighted by Gasteiger charge is -2.16. The second-order valence-corrected chi connectivity index (χ2v) is 5.65. The fourth-order valence-corrected chi connectivity index (χ4v) is 2.97. The molecule has 0 unspecified atom stereocenters. The summed E-state index contributed by atoms with van der Waals surface area (Å²) in [5, 5.41) is 4.17. The molecule has 2 aromatic carbocycles. The van der Waals surface area contributed by atoms with E-state index in [1.165, 1.54) is 25.1 Å². The molecule has 0 fully saturated rings. The average molecular weight is 368 g/mol. The van der Waals surface area contributed by atoms with Gasteiger partial charge in [-0.2, -0.15) is 19.6 Å². The molecule has 8 heteroatoms. The van der Waals surface area contributed by atoms with Gasteiger partial charge < -0.3 is 9.47 Å². The zero-order valence-electron chi connectivity index (χ0n) is 14.5. The van der Waals surface area contributed by atoms with Crippen LogP contribution in [-0.2, 0) is 0 Å². The zero-order chi connectivity index (χ0) is 19.0. The summed E-state index contributed by atoms with van der Waals surface area (Å²) in [6.07, 6.45) is 1.32. The van der Waals surface area contributed by atoms with Gasteiger partial charge >= 0.3 is 0 Å². The molecule has 2 heterocycles. The highest BCUT2D eigenvalue weighted by atomic mass is 19.1. The summed E-state index contributed by atoms with van der Waals surface area (Å²) < 4.78 is 41.5. The van der Waals surface area contributed by atoms with Crippen LogP contribution in [0.1, 0.15) is 0 Å². The molecule has 4 aromatic rings. The van der Waals surface area contributed by atoms with Crippen LogP contribution in [0.15, 0.2) is 48.8 Å². The van der Waals surface area contributed by atoms with E-state index < -0.39 is 11.6 Å². The van der Waals surface area contributed by atoms with Gasteiger partial charge in [-0.25, -0.2) is 8.78 Å². The summed E-state index contributed by atoms with van der Waals surface area (Å²) in [6, 6.07) is 11.3. The SMILES string of the molecule is COc1cc(F)c(-c2c(OC)nc3ncnn3c2-c2ccccc2)c(F)c1. The van der Waals surface area contributed by atoms with Crippen molar-refractivity contribution in [2.45, 2.75) is 0 Å². The van der Waals surface area contributed by atoms with Crippen LogP contribution in [0.25, 0.3) is 28.2 Å². The van der Waals surface area contributed by atoms with Gasteiger partial charge in [0.05, 0.1) is 31.0 Å². The largest absolute Gasteiger partial charge is 0.497 e. The molecule has 0 N–H and O–H groups in total. The summed E-state index contributed by atoms with van der Waals surface area (Å²) in [5.41, 5.74) is 0.951. The van der Waals surface area contributed by atoms with Crippen molar-refractivity contribution in [1.82, 2.24) is 19.6 Å². The van der Waals surface area contributed by atoms with E-state index in [4.69, 9.17) is 9.47 Å². The maximum absolute atomic E-state index is 14.9. The minimum Gasteiger partial charge on any atom is -0.497 e. The lowest BCUT2D eigenvalue weighted by atomic mass is 9.98. The molecule has 0 atom stereocenters. The van der Waals surface area contributed by atoms with Gasteiger partial charge in [-0.3, -0.25) is 0 Å². The van der Waals surface area contributed by atoms with E-state index in [0.29, 0.717) is 11.3 Å². The number of rotatable bonds is 4. The minimum atomic E-state index is -0.802. The quantitative estimate of drug-likeness (QED) is 0.549. The van der Waals surface area contributed by atoms with Crippen LogP contribution >= 0.6 is 0 Å². The normalized spacial score (nSPS) is 11.0. The van der Waals surface area contributed by atoms with Crippen molar-refractivity contribution in [1.29, 1.82) is 0 Å². The average Bonchev–Trinajstić information content (AvgIpc) is 3.15. The third kappa shape index (κ3) is 2.75. The number of methoxy groups -OCH3 is 2. The van der Waals surface area contributed by atoms with Gasteiger partial charge in [-0.1, -0.05) is 30.3 Å². The Morgan fingerprint density at radius 2 is 1.63 bits per heavy atom. The zero-order valence-corrected chi connectivity index (χ0v) is 14.5. The smallest absolute Gasteiger partial charge is 0.256 e. The monoisotopic (exact) mass is 368 g/mol. The molecule has 0 bridgehead atoms. The summed E-state index contributed by atoms with van der Waals surface area (Å²) in [6.45, 7) is 0. The van der Waals surface area contributed by atoms with Crippen molar-refractivity contribution in [2.75, 3.05) is 14.2 Å². The Hall–Kier alpha value is -3.55. The molecule has 0 radical (unpaired) electrons. The maximum Gasteiger partial charge on any atom is 0.256 e. The second kappa shape index (κ2) is 6.64. The Morgan fingerprint density at radius 1 is 0.926 bits per heavy atom. The van der Waals surface area contributed by atoms with E-state index in [1.54, 1.807) is 12.1 Å². The predicted octanol–water partition coefficient (Wildman–Crippen LogP) is 3.75. The first-order valence-corrected chi connectivity index (χ1v) is 8.00. The van der Waals surface area contributed by atoms with Crippen molar-refractivity contribution in [3.63, 3.8) is 0 Å². The van der Waals surface area contributed by atoms with Crippen molar-refractivity contribution < 1.29 is 18.3 Å². The van der Waals surface area contributed by atoms with Crippen LogP contribution in [0.4, 0.5) is 8.78 Å². The molecule has 27 heavy (non-hydrogen) atoms. The van der Waals surface area contributed by atoms with Crippen LogP contribution in [0.2, 0.25) is 0 Å². The Labute approximate surface area is 153 Å². The van der Waals surface area contributed by atoms with Crippen molar-refractivity contribution in [2.24, 2.45) is 0 Å². The molecule has 0 aliphatic heterocycles. The molecule has 6 nitrogen and oxygen atoms in total. The van der Waals surface area contributed by atoms with E-state index in [1.807, 2.05) is 18.2 Å². The van der Waals surface area contributed by atoms with Gasteiger partial charge in [-0.05, 0) is 0 Å². The number of aromatic nitrogens is 4. The van der Waals surface area contributed by atoms with E-state index in [0.717, 1.165) is 12.1 Å². The van der Waals surface area contributed by atoms with E-state index in [9.17, 15) is 8.78 Å². The van der Waals surface area contributed by atoms with Gasteiger partial charge in [0.2, 0.25) is 5.88 Å². The molecular formula is C19H14F2N4O2. The third-order valence-corrected chi connectivity index (χ3v) is 4.14. The summed E-state index contributed by atoms with van der Waals surface area (Å²) >= 11 is 0. The lowest BCUT2D eigenvalue weighted by Crippen LogP contribution is -2.06. The molecule has 0 spiro atoms. The molecule has 0 saturated heterocycles. The number of halogens is 2. The lowest BCUT2D eigenvalue weighted by molar-refractivity contribution is 0.398. The number of nitrogens with zero attached hydrogens (tertiary/aromatic N) is 4. The number of hydrogen-bond donors (Lipinski definition) is 0. The second-order valence-electron chi connectivity index (χ2n) is 5.65. The van der Waals surface area contributed by atoms with E-state index in [-0.39, 0.29) is 28.5 Å². The van der Waals surface area contributed by atoms with Crippen molar-refractivity contribution in [3.8, 4) is 34.0 Å². The fraction of sp³-hybridized carbons (Fsp3) is 0.105. The van der Waals surface area contributed by atoms with Crippen LogP contribution in [0.3, 0.4) is 0 Å². The summed E-state index contributed by atoms with van der Waals surface area (Å²) in [7, 11) is 2.72. The Morgan fingerprint density at radius 3 is 2.26 bits per heavy atom. The van der Waals surface area contributed by atoms with Gasteiger partial charge in [0, 0.05) is 17.7 Å². The molecule has 0 amide bonds. The Balaban J connectivity index is 2.15. The molecule has 2 aromatic heterocycles. The van der Waals surface area contributed by atoms with Crippen LogP contribution in [-0.4, -0.2) is 33.8 Å². The maximum atomic E-state index is 14.9. The van der Waals surface area contributed by atoms with Crippen molar-refractivity contribution in [3.05, 3.63) is 60.4 Å². The Bertz CT molecular complexity index is 1110. The van der Waals surface area contributed by atoms with Crippen LogP contribution in [0, 0.1) is 11.6 Å². The highest BCUT2D eigenvalue weighted by molar-refractivity contribution is 5.86. The topological polar surface area (TPSA) is 61.5 Å². The minimum absolute atomic E-state index is 0.0392. The third-order valence-electron chi connectivity index (χ3n) is 4.14. The van der Waals surface area contributed by atoms with E-state index >= 15 is 0 Å². The number of hydrogen-bond acceptors (Lipinski definition) is 5. The van der Waals surface area contributed by atoms with E-state index in [2.05, 4.69) is 15.1 Å². The molecule has 0 aliphatic rings. The number of ether oxygens (including phenoxy) is 2. The molecule has 4 rings (SSSR count). The van der Waals surface area contributed by atoms with Gasteiger partial charge in [0.25, 0.3) is 5.78 Å². The first-order valence-electron chi connectivity index (χ1n) is 8.00. The molecular weight excluding hydrogens is 354 g/mol. The van der Waals surface area contributed by atoms with Crippen LogP contribution < -0.4 is 9.47 Å². The fourth-order valence-electron chi connectivity index (χ4n) is 2.97. The predicted molar refractivity (Wildman–Crippen MR) is 94.7 cm³/mol. The molecule has 136 valence electrons. The first kappa shape index (κ1) is 16.9. The first-order chi connectivity index (χ1) is 13.1.